The van der Waals surface area contributed by atoms with E-state index in [1.54, 1.807) is 55.7 Å². The van der Waals surface area contributed by atoms with Gasteiger partial charge in [-0.05, 0) is 67.6 Å². The van der Waals surface area contributed by atoms with Gasteiger partial charge in [0.15, 0.2) is 6.10 Å². The zero-order valence-corrected chi connectivity index (χ0v) is 22.3. The van der Waals surface area contributed by atoms with Crippen LogP contribution in [0, 0.1) is 17.2 Å². The highest BCUT2D eigenvalue weighted by atomic mass is 35.5. The first kappa shape index (κ1) is 24.7. The lowest BCUT2D eigenvalue weighted by Gasteiger charge is -2.29. The van der Waals surface area contributed by atoms with Gasteiger partial charge in [0.05, 0.1) is 31.5 Å². The molecule has 1 aromatic heterocycles. The summed E-state index contributed by atoms with van der Waals surface area (Å²) in [6.45, 7) is 0. The van der Waals surface area contributed by atoms with Crippen LogP contribution < -0.4 is 19.4 Å². The van der Waals surface area contributed by atoms with Crippen molar-refractivity contribution in [3.05, 3.63) is 69.1 Å². The number of aryl methyl sites for hydroxylation is 1. The number of halogens is 1. The lowest BCUT2D eigenvalue weighted by atomic mass is 9.90. The Morgan fingerprint density at radius 2 is 1.82 bits per heavy atom. The van der Waals surface area contributed by atoms with Gasteiger partial charge in [-0.1, -0.05) is 11.6 Å². The first-order chi connectivity index (χ1) is 18.5. The number of benzene rings is 2. The third-order valence-corrected chi connectivity index (χ3v) is 8.95. The van der Waals surface area contributed by atoms with Gasteiger partial charge in [0.25, 0.3) is 5.91 Å². The molecule has 0 radical (unpaired) electrons. The van der Waals surface area contributed by atoms with Gasteiger partial charge in [0, 0.05) is 21.5 Å². The Labute approximate surface area is 228 Å². The van der Waals surface area contributed by atoms with Gasteiger partial charge in [0.2, 0.25) is 5.91 Å². The largest absolute Gasteiger partial charge is 0.497 e. The summed E-state index contributed by atoms with van der Waals surface area (Å²) < 4.78 is 11.0. The fourth-order valence-electron chi connectivity index (χ4n) is 5.63. The van der Waals surface area contributed by atoms with Crippen LogP contribution in [-0.4, -0.2) is 32.1 Å². The molecule has 2 amide bonds. The summed E-state index contributed by atoms with van der Waals surface area (Å²) in [4.78, 5) is 36.5. The second-order valence-electron chi connectivity index (χ2n) is 9.42. The highest BCUT2D eigenvalue weighted by Gasteiger charge is 2.61. The highest BCUT2D eigenvalue weighted by molar-refractivity contribution is 7.17. The predicted molar refractivity (Wildman–Crippen MR) is 143 cm³/mol. The number of hydroxylamine groups is 1. The molecule has 0 unspecified atom stereocenters. The summed E-state index contributed by atoms with van der Waals surface area (Å²) in [5.74, 6) is -0.623. The number of ether oxygens (including phenoxy) is 2. The van der Waals surface area contributed by atoms with E-state index < -0.39 is 29.9 Å². The zero-order valence-electron chi connectivity index (χ0n) is 20.8. The summed E-state index contributed by atoms with van der Waals surface area (Å²) in [7, 11) is 3.11. The molecule has 6 rings (SSSR count). The Morgan fingerprint density at radius 3 is 2.53 bits per heavy atom. The van der Waals surface area contributed by atoms with Crippen molar-refractivity contribution in [1.29, 1.82) is 5.26 Å². The second-order valence-corrected chi connectivity index (χ2v) is 10.9. The third-order valence-electron chi connectivity index (χ3n) is 7.42. The molecule has 2 aromatic carbocycles. The molecule has 10 heteroatoms. The van der Waals surface area contributed by atoms with Crippen LogP contribution in [0.2, 0.25) is 5.02 Å². The van der Waals surface area contributed by atoms with Crippen LogP contribution in [0.15, 0.2) is 42.5 Å². The van der Waals surface area contributed by atoms with E-state index in [9.17, 15) is 14.9 Å². The predicted octanol–water partition coefficient (Wildman–Crippen LogP) is 5.22. The number of hydrogen-bond acceptors (Lipinski definition) is 8. The Bertz CT molecular complexity index is 1480. The topological polar surface area (TPSA) is 92.1 Å². The number of rotatable bonds is 5. The van der Waals surface area contributed by atoms with Crippen molar-refractivity contribution in [2.45, 2.75) is 37.8 Å². The fraction of sp³-hybridized carbons (Fsp3) is 0.321. The summed E-state index contributed by atoms with van der Waals surface area (Å²) in [6, 6.07) is 13.9. The molecule has 0 N–H and O–H groups in total. The molecule has 194 valence electrons. The number of carbonyl (C=O) groups is 2. The Morgan fingerprint density at radius 1 is 1.05 bits per heavy atom. The summed E-state index contributed by atoms with van der Waals surface area (Å²) in [5, 5.41) is 12.5. The van der Waals surface area contributed by atoms with E-state index in [1.165, 1.54) is 16.2 Å². The minimum atomic E-state index is -1.05. The van der Waals surface area contributed by atoms with Crippen LogP contribution in [0.1, 0.15) is 40.5 Å². The van der Waals surface area contributed by atoms with Crippen LogP contribution in [-0.2, 0) is 27.3 Å². The average molecular weight is 550 g/mol. The number of imide groups is 1. The van der Waals surface area contributed by atoms with Gasteiger partial charge in [0.1, 0.15) is 28.5 Å². The van der Waals surface area contributed by atoms with Crippen molar-refractivity contribution in [1.82, 2.24) is 0 Å². The van der Waals surface area contributed by atoms with Crippen molar-refractivity contribution in [2.24, 2.45) is 5.92 Å². The lowest BCUT2D eigenvalue weighted by molar-refractivity contribution is -0.126. The highest BCUT2D eigenvalue weighted by Crippen LogP contribution is 2.52. The molecule has 8 nitrogen and oxygen atoms in total. The van der Waals surface area contributed by atoms with E-state index in [0.29, 0.717) is 38.3 Å². The number of amides is 2. The van der Waals surface area contributed by atoms with Crippen molar-refractivity contribution >= 4 is 45.4 Å². The first-order valence-electron chi connectivity index (χ1n) is 12.3. The van der Waals surface area contributed by atoms with Gasteiger partial charge in [-0.2, -0.15) is 5.26 Å². The molecule has 0 spiro atoms. The van der Waals surface area contributed by atoms with Gasteiger partial charge >= 0.3 is 0 Å². The lowest BCUT2D eigenvalue weighted by Crippen LogP contribution is -2.37. The fourth-order valence-corrected chi connectivity index (χ4v) is 7.10. The summed E-state index contributed by atoms with van der Waals surface area (Å²) in [5.41, 5.74) is 2.71. The van der Waals surface area contributed by atoms with Gasteiger partial charge < -0.3 is 9.47 Å². The van der Waals surface area contributed by atoms with Crippen LogP contribution in [0.4, 0.5) is 10.7 Å². The molecule has 2 fully saturated rings. The number of thiophene rings is 1. The number of anilines is 2. The third kappa shape index (κ3) is 3.75. The van der Waals surface area contributed by atoms with Crippen LogP contribution in [0.25, 0.3) is 0 Å². The van der Waals surface area contributed by atoms with Crippen molar-refractivity contribution in [3.8, 4) is 17.6 Å². The Kier molecular flexibility index (Phi) is 6.26. The number of carbonyl (C=O) groups excluding carboxylic acids is 2. The van der Waals surface area contributed by atoms with Crippen molar-refractivity contribution in [3.63, 3.8) is 0 Å². The quantitative estimate of drug-likeness (QED) is 0.403. The van der Waals surface area contributed by atoms with E-state index in [-0.39, 0.29) is 0 Å². The summed E-state index contributed by atoms with van der Waals surface area (Å²) >= 11 is 7.50. The molecule has 3 atom stereocenters. The molecule has 2 aliphatic heterocycles. The molecule has 3 aliphatic rings. The minimum Gasteiger partial charge on any atom is -0.497 e. The molecule has 3 aromatic rings. The molecular weight excluding hydrogens is 526 g/mol. The van der Waals surface area contributed by atoms with E-state index in [1.807, 2.05) is 6.07 Å². The summed E-state index contributed by atoms with van der Waals surface area (Å²) in [6.07, 6.45) is 2.60. The monoisotopic (exact) mass is 549 g/mol. The molecule has 0 saturated carbocycles. The maximum absolute atomic E-state index is 14.1. The van der Waals surface area contributed by atoms with Crippen LogP contribution in [0.5, 0.6) is 11.5 Å². The van der Waals surface area contributed by atoms with Gasteiger partial charge in [-0.15, -0.1) is 11.3 Å². The number of fused-ring (bicyclic) bond motifs is 2. The van der Waals surface area contributed by atoms with Crippen LogP contribution in [0.3, 0.4) is 0 Å². The smallest absolute Gasteiger partial charge is 0.267 e. The second kappa shape index (κ2) is 9.62. The molecule has 0 bridgehead atoms. The van der Waals surface area contributed by atoms with Crippen molar-refractivity contribution < 1.29 is 23.9 Å². The van der Waals surface area contributed by atoms with Crippen molar-refractivity contribution in [2.75, 3.05) is 24.2 Å². The molecular formula is C28H24ClN3O5S. The van der Waals surface area contributed by atoms with Gasteiger partial charge in [-0.3, -0.25) is 14.4 Å². The number of hydrogen-bond donors (Lipinski definition) is 0. The van der Waals surface area contributed by atoms with E-state index in [0.717, 1.165) is 36.1 Å². The Hall–Kier alpha value is -3.58. The standard InChI is InChI=1S/C28H24ClN3O5S/c1-35-17-11-12-19(21(13-17)36-2)24-23-25(37-32(24)16-9-7-15(29)8-10-16)27(34)31(26(23)33)28-20(14-30)18-5-3-4-6-22(18)38-28/h7-13,23-25H,3-6H2,1-2H3/t23-,24-,25-/m1/s1. The maximum Gasteiger partial charge on any atom is 0.267 e. The maximum atomic E-state index is 14.1. The van der Waals surface area contributed by atoms with E-state index in [2.05, 4.69) is 6.07 Å². The molecule has 2 saturated heterocycles. The normalized spacial score (nSPS) is 22.3. The number of methoxy groups -OCH3 is 2. The van der Waals surface area contributed by atoms with Gasteiger partial charge in [-0.25, -0.2) is 9.96 Å². The van der Waals surface area contributed by atoms with E-state index >= 15 is 0 Å². The molecule has 1 aliphatic carbocycles. The molecule has 38 heavy (non-hydrogen) atoms. The minimum absolute atomic E-state index is 0.394. The van der Waals surface area contributed by atoms with Crippen LogP contribution >= 0.6 is 22.9 Å². The van der Waals surface area contributed by atoms with E-state index in [4.69, 9.17) is 25.9 Å². The number of nitrogens with zero attached hydrogens (tertiary/aromatic N) is 3. The average Bonchev–Trinajstić information content (AvgIpc) is 3.58. The molecule has 3 heterocycles. The first-order valence-corrected chi connectivity index (χ1v) is 13.5. The number of nitriles is 1. The SMILES string of the molecule is COc1ccc([C@@H]2[C@H]3C(=O)N(c4sc5c(c4C#N)CCCC5)C(=O)[C@@H]3ON2c2ccc(Cl)cc2)c(OC)c1. The zero-order chi connectivity index (χ0) is 26.6. The Balaban J connectivity index is 1.47.